The van der Waals surface area contributed by atoms with Crippen molar-refractivity contribution < 1.29 is 9.84 Å². The first-order valence-electron chi connectivity index (χ1n) is 6.86. The lowest BCUT2D eigenvalue weighted by atomic mass is 9.94. The maximum absolute atomic E-state index is 10.3. The van der Waals surface area contributed by atoms with Gasteiger partial charge in [-0.05, 0) is 26.2 Å². The maximum Gasteiger partial charge on any atom is 0.322 e. The van der Waals surface area contributed by atoms with Crippen LogP contribution < -0.4 is 15.4 Å². The molecular formula is C13H25N5O2. The van der Waals surface area contributed by atoms with Crippen molar-refractivity contribution in [2.75, 3.05) is 30.8 Å². The van der Waals surface area contributed by atoms with Crippen molar-refractivity contribution >= 4 is 11.9 Å². The number of ether oxygens (including phenoxy) is 1. The normalized spacial score (nSPS) is 13.9. The van der Waals surface area contributed by atoms with Crippen LogP contribution >= 0.6 is 0 Å². The number of hydrogen-bond acceptors (Lipinski definition) is 7. The second kappa shape index (κ2) is 7.23. The third-order valence-corrected chi connectivity index (χ3v) is 2.61. The lowest BCUT2D eigenvalue weighted by molar-refractivity contribution is 0.0513. The minimum Gasteiger partial charge on any atom is -0.467 e. The minimum atomic E-state index is -0.813. The van der Waals surface area contributed by atoms with Crippen molar-refractivity contribution in [1.29, 1.82) is 0 Å². The van der Waals surface area contributed by atoms with Crippen LogP contribution in [0.25, 0.3) is 0 Å². The molecule has 0 radical (unpaired) electrons. The summed E-state index contributed by atoms with van der Waals surface area (Å²) in [6.45, 7) is 8.97. The molecule has 0 spiro atoms. The first-order chi connectivity index (χ1) is 9.36. The van der Waals surface area contributed by atoms with Gasteiger partial charge in [0.05, 0.1) is 12.7 Å². The van der Waals surface area contributed by atoms with E-state index in [0.717, 1.165) is 0 Å². The number of aliphatic hydroxyl groups is 1. The van der Waals surface area contributed by atoms with Crippen molar-refractivity contribution in [2.45, 2.75) is 39.7 Å². The van der Waals surface area contributed by atoms with Gasteiger partial charge >= 0.3 is 6.01 Å². The van der Waals surface area contributed by atoms with E-state index in [1.54, 1.807) is 6.92 Å². The summed E-state index contributed by atoms with van der Waals surface area (Å²) < 4.78 is 5.03. The number of hydrogen-bond donors (Lipinski definition) is 3. The van der Waals surface area contributed by atoms with Crippen LogP contribution in [0.5, 0.6) is 6.01 Å². The molecule has 0 saturated heterocycles. The van der Waals surface area contributed by atoms with Gasteiger partial charge in [0, 0.05) is 13.1 Å². The first kappa shape index (κ1) is 16.4. The molecule has 3 N–H and O–H groups in total. The van der Waals surface area contributed by atoms with Crippen molar-refractivity contribution in [3.8, 4) is 6.01 Å². The zero-order valence-corrected chi connectivity index (χ0v) is 12.9. The Morgan fingerprint density at radius 3 is 2.30 bits per heavy atom. The Kier molecular flexibility index (Phi) is 5.94. The molecule has 20 heavy (non-hydrogen) atoms. The summed E-state index contributed by atoms with van der Waals surface area (Å²) in [6.07, 6.45) is 0.697. The standard InChI is InChI=1S/C13H25N5O2/c1-6-14-10-16-11(18-12(17-10)20-5)15-8-13(4,19)7-9(2)3/h9,19H,6-8H2,1-5H3,(H2,14,15,16,17,18). The fraction of sp³-hybridized carbons (Fsp3) is 0.769. The topological polar surface area (TPSA) is 92.2 Å². The average molecular weight is 283 g/mol. The molecule has 0 aromatic carbocycles. The number of nitrogens with zero attached hydrogens (tertiary/aromatic N) is 3. The summed E-state index contributed by atoms with van der Waals surface area (Å²) in [4.78, 5) is 12.4. The van der Waals surface area contributed by atoms with Gasteiger partial charge in [-0.1, -0.05) is 13.8 Å². The highest BCUT2D eigenvalue weighted by atomic mass is 16.5. The van der Waals surface area contributed by atoms with Gasteiger partial charge in [0.15, 0.2) is 0 Å². The number of methoxy groups -OCH3 is 1. The number of anilines is 2. The second-order valence-corrected chi connectivity index (χ2v) is 5.45. The molecule has 1 atom stereocenters. The minimum absolute atomic E-state index is 0.238. The molecule has 0 saturated carbocycles. The van der Waals surface area contributed by atoms with E-state index in [2.05, 4.69) is 39.4 Å². The summed E-state index contributed by atoms with van der Waals surface area (Å²) in [6, 6.07) is 0.238. The zero-order valence-electron chi connectivity index (χ0n) is 12.9. The lowest BCUT2D eigenvalue weighted by Crippen LogP contribution is -2.35. The summed E-state index contributed by atoms with van der Waals surface area (Å²) in [5, 5.41) is 16.3. The molecule has 1 aromatic heterocycles. The molecule has 7 heteroatoms. The molecule has 1 heterocycles. The van der Waals surface area contributed by atoms with Gasteiger partial charge in [-0.15, -0.1) is 0 Å². The third kappa shape index (κ3) is 5.56. The summed E-state index contributed by atoms with van der Waals surface area (Å²) in [7, 11) is 1.50. The van der Waals surface area contributed by atoms with Crippen LogP contribution in [0, 0.1) is 5.92 Å². The highest BCUT2D eigenvalue weighted by Crippen LogP contribution is 2.17. The Balaban J connectivity index is 2.73. The molecule has 0 amide bonds. The molecule has 7 nitrogen and oxygen atoms in total. The van der Waals surface area contributed by atoms with Crippen molar-refractivity contribution in [1.82, 2.24) is 15.0 Å². The van der Waals surface area contributed by atoms with Gasteiger partial charge < -0.3 is 20.5 Å². The molecule has 1 unspecified atom stereocenters. The van der Waals surface area contributed by atoms with E-state index in [4.69, 9.17) is 4.74 Å². The quantitative estimate of drug-likeness (QED) is 0.666. The molecule has 0 aliphatic rings. The fourth-order valence-corrected chi connectivity index (χ4v) is 1.99. The van der Waals surface area contributed by atoms with E-state index in [0.29, 0.717) is 37.3 Å². The van der Waals surface area contributed by atoms with Crippen LogP contribution in [0.3, 0.4) is 0 Å². The van der Waals surface area contributed by atoms with Gasteiger partial charge in [-0.25, -0.2) is 0 Å². The monoisotopic (exact) mass is 283 g/mol. The van der Waals surface area contributed by atoms with Crippen LogP contribution in [-0.2, 0) is 0 Å². The van der Waals surface area contributed by atoms with Crippen LogP contribution in [-0.4, -0.2) is 45.9 Å². The molecule has 0 fully saturated rings. The van der Waals surface area contributed by atoms with Gasteiger partial charge in [-0.2, -0.15) is 15.0 Å². The molecular weight excluding hydrogens is 258 g/mol. The number of aromatic nitrogens is 3. The van der Waals surface area contributed by atoms with Crippen molar-refractivity contribution in [3.05, 3.63) is 0 Å². The summed E-state index contributed by atoms with van der Waals surface area (Å²) >= 11 is 0. The zero-order chi connectivity index (χ0) is 15.2. The van der Waals surface area contributed by atoms with Crippen molar-refractivity contribution in [2.24, 2.45) is 5.92 Å². The van der Waals surface area contributed by atoms with Crippen molar-refractivity contribution in [3.63, 3.8) is 0 Å². The fourth-order valence-electron chi connectivity index (χ4n) is 1.99. The van der Waals surface area contributed by atoms with Crippen LogP contribution in [0.1, 0.15) is 34.1 Å². The van der Waals surface area contributed by atoms with E-state index >= 15 is 0 Å². The Morgan fingerprint density at radius 1 is 1.20 bits per heavy atom. The van der Waals surface area contributed by atoms with Gasteiger partial charge in [-0.3, -0.25) is 0 Å². The third-order valence-electron chi connectivity index (χ3n) is 2.61. The molecule has 1 aromatic rings. The first-order valence-corrected chi connectivity index (χ1v) is 6.86. The molecule has 0 aliphatic carbocycles. The molecule has 114 valence electrons. The largest absolute Gasteiger partial charge is 0.467 e. The Hall–Kier alpha value is -1.63. The Morgan fingerprint density at radius 2 is 1.80 bits per heavy atom. The smallest absolute Gasteiger partial charge is 0.322 e. The van der Waals surface area contributed by atoms with E-state index in [-0.39, 0.29) is 6.01 Å². The summed E-state index contributed by atoms with van der Waals surface area (Å²) in [5.74, 6) is 1.25. The van der Waals surface area contributed by atoms with E-state index in [9.17, 15) is 5.11 Å². The SMILES string of the molecule is CCNc1nc(NCC(C)(O)CC(C)C)nc(OC)n1. The number of rotatable bonds is 8. The lowest BCUT2D eigenvalue weighted by Gasteiger charge is -2.25. The average Bonchev–Trinajstić information content (AvgIpc) is 2.35. The van der Waals surface area contributed by atoms with Gasteiger partial charge in [0.1, 0.15) is 0 Å². The predicted octanol–water partition coefficient (Wildman–Crippen LogP) is 1.52. The number of nitrogens with one attached hydrogen (secondary N) is 2. The van der Waals surface area contributed by atoms with E-state index in [1.807, 2.05) is 6.92 Å². The van der Waals surface area contributed by atoms with Crippen LogP contribution in [0.15, 0.2) is 0 Å². The van der Waals surface area contributed by atoms with Gasteiger partial charge in [0.2, 0.25) is 11.9 Å². The Bertz CT molecular complexity index is 423. The molecule has 1 rings (SSSR count). The predicted molar refractivity (Wildman–Crippen MR) is 79.1 cm³/mol. The summed E-state index contributed by atoms with van der Waals surface area (Å²) in [5.41, 5.74) is -0.813. The molecule has 0 bridgehead atoms. The highest BCUT2D eigenvalue weighted by Gasteiger charge is 2.22. The maximum atomic E-state index is 10.3. The van der Waals surface area contributed by atoms with Crippen LogP contribution in [0.4, 0.5) is 11.9 Å². The van der Waals surface area contributed by atoms with E-state index in [1.165, 1.54) is 7.11 Å². The Labute approximate surface area is 120 Å². The van der Waals surface area contributed by atoms with Gasteiger partial charge in [0.25, 0.3) is 0 Å². The highest BCUT2D eigenvalue weighted by molar-refractivity contribution is 5.36. The van der Waals surface area contributed by atoms with Crippen LogP contribution in [0.2, 0.25) is 0 Å². The molecule has 0 aliphatic heterocycles. The second-order valence-electron chi connectivity index (χ2n) is 5.45. The van der Waals surface area contributed by atoms with E-state index < -0.39 is 5.60 Å².